The van der Waals surface area contributed by atoms with Crippen molar-refractivity contribution in [3.8, 4) is 6.07 Å². The summed E-state index contributed by atoms with van der Waals surface area (Å²) in [5.41, 5.74) is 1.37. The Balaban J connectivity index is 1.82. The summed E-state index contributed by atoms with van der Waals surface area (Å²) >= 11 is 0. The number of pyridine rings is 1. The minimum atomic E-state index is 0.0206. The molecule has 1 aromatic rings. The molecule has 1 aliphatic heterocycles. The van der Waals surface area contributed by atoms with Crippen LogP contribution in [0.3, 0.4) is 0 Å². The third-order valence-electron chi connectivity index (χ3n) is 5.44. The number of aromatic nitrogens is 1. The van der Waals surface area contributed by atoms with Crippen molar-refractivity contribution in [2.75, 3.05) is 33.7 Å². The molecule has 0 unspecified atom stereocenters. The first kappa shape index (κ1) is 15.9. The molecule has 3 rings (SSSR count). The lowest BCUT2D eigenvalue weighted by Gasteiger charge is -2.57. The minimum absolute atomic E-state index is 0.0206. The summed E-state index contributed by atoms with van der Waals surface area (Å²) < 4.78 is 0. The third-order valence-corrected chi connectivity index (χ3v) is 5.44. The van der Waals surface area contributed by atoms with E-state index in [2.05, 4.69) is 37.8 Å². The van der Waals surface area contributed by atoms with Gasteiger partial charge in [-0.3, -0.25) is 4.79 Å². The molecule has 1 saturated heterocycles. The van der Waals surface area contributed by atoms with Crippen molar-refractivity contribution in [2.45, 2.75) is 20.3 Å². The predicted molar refractivity (Wildman–Crippen MR) is 87.7 cm³/mol. The van der Waals surface area contributed by atoms with E-state index < -0.39 is 0 Å². The van der Waals surface area contributed by atoms with E-state index in [4.69, 9.17) is 5.26 Å². The van der Waals surface area contributed by atoms with Gasteiger partial charge >= 0.3 is 0 Å². The third kappa shape index (κ3) is 2.61. The highest BCUT2D eigenvalue weighted by Gasteiger charge is 2.63. The number of amides is 1. The molecular weight excluding hydrogens is 288 g/mol. The standard InChI is InChI=1S/C18H24N4O/c1-17(2)10-18(11-21(3)4)12-22(9-15(17)18)16(23)13-5-6-20-14(7-13)8-19/h5-7,15H,9-12H2,1-4H3/t15-,18+/m1/s1. The van der Waals surface area contributed by atoms with Gasteiger partial charge in [0.25, 0.3) is 5.91 Å². The van der Waals surface area contributed by atoms with Gasteiger partial charge in [0.15, 0.2) is 0 Å². The molecule has 2 fully saturated rings. The van der Waals surface area contributed by atoms with E-state index in [9.17, 15) is 4.79 Å². The van der Waals surface area contributed by atoms with Gasteiger partial charge in [-0.25, -0.2) is 4.98 Å². The zero-order chi connectivity index (χ0) is 16.8. The number of hydrogen-bond donors (Lipinski definition) is 0. The largest absolute Gasteiger partial charge is 0.338 e. The summed E-state index contributed by atoms with van der Waals surface area (Å²) in [6.45, 7) is 7.25. The molecule has 122 valence electrons. The van der Waals surface area contributed by atoms with Crippen molar-refractivity contribution in [2.24, 2.45) is 16.7 Å². The Kier molecular flexibility index (Phi) is 3.68. The van der Waals surface area contributed by atoms with E-state index >= 15 is 0 Å². The second kappa shape index (κ2) is 5.31. The van der Waals surface area contributed by atoms with Crippen molar-refractivity contribution in [1.82, 2.24) is 14.8 Å². The van der Waals surface area contributed by atoms with E-state index in [-0.39, 0.29) is 11.3 Å². The van der Waals surface area contributed by atoms with Crippen LogP contribution in [0.4, 0.5) is 0 Å². The molecule has 0 radical (unpaired) electrons. The molecule has 1 saturated carbocycles. The fourth-order valence-electron chi connectivity index (χ4n) is 4.93. The molecule has 2 atom stereocenters. The van der Waals surface area contributed by atoms with Crippen molar-refractivity contribution >= 4 is 5.91 Å². The lowest BCUT2D eigenvalue weighted by molar-refractivity contribution is -0.0789. The fraction of sp³-hybridized carbons (Fsp3) is 0.611. The Bertz CT molecular complexity index is 672. The van der Waals surface area contributed by atoms with Crippen LogP contribution in [0, 0.1) is 28.1 Å². The predicted octanol–water partition coefficient (Wildman–Crippen LogP) is 2.00. The lowest BCUT2D eigenvalue weighted by atomic mass is 9.48. The van der Waals surface area contributed by atoms with Crippen molar-refractivity contribution in [3.63, 3.8) is 0 Å². The molecule has 2 aliphatic rings. The van der Waals surface area contributed by atoms with Crippen molar-refractivity contribution in [3.05, 3.63) is 29.6 Å². The summed E-state index contributed by atoms with van der Waals surface area (Å²) in [6, 6.07) is 5.29. The molecule has 23 heavy (non-hydrogen) atoms. The van der Waals surface area contributed by atoms with E-state index in [0.29, 0.717) is 22.6 Å². The summed E-state index contributed by atoms with van der Waals surface area (Å²) in [4.78, 5) is 21.0. The molecule has 0 bridgehead atoms. The van der Waals surface area contributed by atoms with Gasteiger partial charge in [0.1, 0.15) is 11.8 Å². The van der Waals surface area contributed by atoms with Crippen LogP contribution in [-0.2, 0) is 0 Å². The average molecular weight is 312 g/mol. The monoisotopic (exact) mass is 312 g/mol. The van der Waals surface area contributed by atoms with E-state index in [1.54, 1.807) is 12.1 Å². The number of fused-ring (bicyclic) bond motifs is 1. The zero-order valence-electron chi connectivity index (χ0n) is 14.3. The maximum Gasteiger partial charge on any atom is 0.254 e. The Morgan fingerprint density at radius 1 is 1.52 bits per heavy atom. The SMILES string of the molecule is CN(C)C[C@@]12CN(C(=O)c3ccnc(C#N)c3)C[C@@H]1C(C)(C)C2. The van der Waals surface area contributed by atoms with Gasteiger partial charge in [0.05, 0.1) is 0 Å². The highest BCUT2D eigenvalue weighted by molar-refractivity contribution is 5.94. The van der Waals surface area contributed by atoms with Crippen LogP contribution >= 0.6 is 0 Å². The average Bonchev–Trinajstić information content (AvgIpc) is 2.80. The van der Waals surface area contributed by atoms with Crippen LogP contribution in [0.1, 0.15) is 36.3 Å². The van der Waals surface area contributed by atoms with Gasteiger partial charge in [-0.2, -0.15) is 5.26 Å². The number of carbonyl (C=O) groups is 1. The normalized spacial score (nSPS) is 28.2. The lowest BCUT2D eigenvalue weighted by Crippen LogP contribution is -2.57. The van der Waals surface area contributed by atoms with Crippen LogP contribution in [0.5, 0.6) is 0 Å². The quantitative estimate of drug-likeness (QED) is 0.856. The van der Waals surface area contributed by atoms with Crippen molar-refractivity contribution < 1.29 is 4.79 Å². The van der Waals surface area contributed by atoms with E-state index in [1.165, 1.54) is 6.20 Å². The maximum absolute atomic E-state index is 12.8. The molecule has 0 spiro atoms. The van der Waals surface area contributed by atoms with Gasteiger partial charge in [-0.05, 0) is 44.0 Å². The Labute approximate surface area is 137 Å². The molecule has 1 amide bonds. The number of nitrogens with zero attached hydrogens (tertiary/aromatic N) is 4. The van der Waals surface area contributed by atoms with Gasteiger partial charge in [-0.15, -0.1) is 0 Å². The Hall–Kier alpha value is -1.93. The maximum atomic E-state index is 12.8. The highest BCUT2D eigenvalue weighted by atomic mass is 16.2. The summed E-state index contributed by atoms with van der Waals surface area (Å²) in [6.07, 6.45) is 2.70. The first-order chi connectivity index (χ1) is 10.8. The summed E-state index contributed by atoms with van der Waals surface area (Å²) in [5, 5.41) is 8.97. The Morgan fingerprint density at radius 2 is 2.26 bits per heavy atom. The molecule has 1 aliphatic carbocycles. The number of carbonyl (C=O) groups excluding carboxylic acids is 1. The van der Waals surface area contributed by atoms with Gasteiger partial charge < -0.3 is 9.80 Å². The van der Waals surface area contributed by atoms with Crippen LogP contribution < -0.4 is 0 Å². The first-order valence-corrected chi connectivity index (χ1v) is 8.08. The number of nitriles is 1. The van der Waals surface area contributed by atoms with Gasteiger partial charge in [0.2, 0.25) is 0 Å². The molecule has 1 aromatic heterocycles. The molecule has 5 nitrogen and oxygen atoms in total. The van der Waals surface area contributed by atoms with E-state index in [0.717, 1.165) is 26.1 Å². The zero-order valence-corrected chi connectivity index (χ0v) is 14.3. The summed E-state index contributed by atoms with van der Waals surface area (Å²) in [5.74, 6) is 0.561. The second-order valence-electron chi connectivity index (χ2n) is 8.05. The molecular formula is C18H24N4O. The fourth-order valence-corrected chi connectivity index (χ4v) is 4.93. The van der Waals surface area contributed by atoms with Crippen LogP contribution in [0.25, 0.3) is 0 Å². The smallest absolute Gasteiger partial charge is 0.254 e. The molecule has 2 heterocycles. The number of hydrogen-bond acceptors (Lipinski definition) is 4. The highest BCUT2D eigenvalue weighted by Crippen LogP contribution is 2.62. The number of likely N-dealkylation sites (tertiary alicyclic amines) is 1. The second-order valence-corrected chi connectivity index (χ2v) is 8.05. The minimum Gasteiger partial charge on any atom is -0.338 e. The molecule has 5 heteroatoms. The first-order valence-electron chi connectivity index (χ1n) is 8.08. The van der Waals surface area contributed by atoms with Gasteiger partial charge in [-0.1, -0.05) is 13.8 Å². The molecule has 0 aromatic carbocycles. The van der Waals surface area contributed by atoms with Crippen LogP contribution in [0.2, 0.25) is 0 Å². The van der Waals surface area contributed by atoms with Gasteiger partial charge in [0, 0.05) is 36.8 Å². The van der Waals surface area contributed by atoms with Crippen molar-refractivity contribution in [1.29, 1.82) is 5.26 Å². The van der Waals surface area contributed by atoms with E-state index in [1.807, 2.05) is 11.0 Å². The van der Waals surface area contributed by atoms with Crippen LogP contribution in [-0.4, -0.2) is 54.4 Å². The summed E-state index contributed by atoms with van der Waals surface area (Å²) in [7, 11) is 4.20. The molecule has 0 N–H and O–H groups in total. The topological polar surface area (TPSA) is 60.2 Å². The van der Waals surface area contributed by atoms with Crippen LogP contribution in [0.15, 0.2) is 18.3 Å². The Morgan fingerprint density at radius 3 is 2.87 bits per heavy atom. The number of rotatable bonds is 3.